The molecular weight excluding hydrogens is 464 g/mol. The van der Waals surface area contributed by atoms with E-state index in [2.05, 4.69) is 38.3 Å². The van der Waals surface area contributed by atoms with Gasteiger partial charge in [-0.15, -0.1) is 0 Å². The monoisotopic (exact) mass is 535 g/mol. The van der Waals surface area contributed by atoms with E-state index in [1.807, 2.05) is 0 Å². The number of nitrogens with one attached hydrogen (secondary N) is 2. The molecule has 1 aliphatic carbocycles. The van der Waals surface area contributed by atoms with Crippen molar-refractivity contribution in [2.75, 3.05) is 13.1 Å². The lowest BCUT2D eigenvalue weighted by atomic mass is 9.81. The molecule has 0 aromatic carbocycles. The lowest BCUT2D eigenvalue weighted by Gasteiger charge is -2.30. The molecule has 1 unspecified atom stereocenters. The van der Waals surface area contributed by atoms with E-state index in [9.17, 15) is 4.79 Å². The first-order valence-corrected chi connectivity index (χ1v) is 17.6. The van der Waals surface area contributed by atoms with Crippen LogP contribution in [-0.2, 0) is 4.79 Å². The van der Waals surface area contributed by atoms with Gasteiger partial charge in [0.25, 0.3) is 0 Å². The van der Waals surface area contributed by atoms with Crippen molar-refractivity contribution in [2.45, 2.75) is 188 Å². The first kappa shape index (κ1) is 35.5. The van der Waals surface area contributed by atoms with Gasteiger partial charge in [0, 0.05) is 18.5 Å². The Morgan fingerprint density at radius 3 is 1.68 bits per heavy atom. The van der Waals surface area contributed by atoms with Gasteiger partial charge in [-0.3, -0.25) is 4.79 Å². The third-order valence-corrected chi connectivity index (χ3v) is 9.36. The van der Waals surface area contributed by atoms with Gasteiger partial charge in [-0.1, -0.05) is 130 Å². The summed E-state index contributed by atoms with van der Waals surface area (Å²) in [4.78, 5) is 12.8. The zero-order valence-corrected chi connectivity index (χ0v) is 26.6. The zero-order chi connectivity index (χ0) is 27.7. The van der Waals surface area contributed by atoms with Crippen molar-refractivity contribution in [3.05, 3.63) is 0 Å². The van der Waals surface area contributed by atoms with E-state index < -0.39 is 0 Å². The fourth-order valence-corrected chi connectivity index (χ4v) is 6.46. The Morgan fingerprint density at radius 1 is 0.632 bits per heavy atom. The molecule has 1 fully saturated rings. The highest BCUT2D eigenvalue weighted by atomic mass is 16.1. The molecule has 0 radical (unpaired) electrons. The Balaban J connectivity index is 2.23. The second-order valence-electron chi connectivity index (χ2n) is 12.8. The van der Waals surface area contributed by atoms with Crippen molar-refractivity contribution >= 4 is 5.91 Å². The molecule has 0 saturated heterocycles. The molecule has 38 heavy (non-hydrogen) atoms. The summed E-state index contributed by atoms with van der Waals surface area (Å²) in [6.45, 7) is 11.3. The summed E-state index contributed by atoms with van der Waals surface area (Å²) in [5.41, 5.74) is 0. The van der Waals surface area contributed by atoms with Gasteiger partial charge < -0.3 is 10.6 Å². The van der Waals surface area contributed by atoms with E-state index in [-0.39, 0.29) is 5.92 Å². The lowest BCUT2D eigenvalue weighted by molar-refractivity contribution is -0.126. The van der Waals surface area contributed by atoms with Crippen molar-refractivity contribution in [3.63, 3.8) is 0 Å². The Kier molecular flexibility index (Phi) is 23.7. The molecule has 0 aliphatic heterocycles. The molecule has 0 spiro atoms. The Bertz CT molecular complexity index is 500. The Hall–Kier alpha value is -0.570. The fourth-order valence-electron chi connectivity index (χ4n) is 6.46. The number of hydrogen-bond acceptors (Lipinski definition) is 2. The van der Waals surface area contributed by atoms with E-state index in [0.717, 1.165) is 37.6 Å². The summed E-state index contributed by atoms with van der Waals surface area (Å²) >= 11 is 0. The third-order valence-electron chi connectivity index (χ3n) is 9.36. The number of carbonyl (C=O) groups is 1. The van der Waals surface area contributed by atoms with E-state index in [1.54, 1.807) is 0 Å². The molecule has 1 atom stereocenters. The molecule has 3 nitrogen and oxygen atoms in total. The van der Waals surface area contributed by atoms with Gasteiger partial charge in [-0.05, 0) is 69.7 Å². The molecule has 2 N–H and O–H groups in total. The normalized spacial score (nSPS) is 18.7. The van der Waals surface area contributed by atoms with Crippen LogP contribution in [0, 0.1) is 17.8 Å². The molecule has 0 aromatic heterocycles. The number of rotatable bonds is 26. The molecule has 0 bridgehead atoms. The van der Waals surface area contributed by atoms with E-state index in [4.69, 9.17) is 0 Å². The van der Waals surface area contributed by atoms with Crippen LogP contribution in [0.15, 0.2) is 0 Å². The van der Waals surface area contributed by atoms with Gasteiger partial charge in [0.1, 0.15) is 0 Å². The molecule has 1 rings (SSSR count). The lowest BCUT2D eigenvalue weighted by Crippen LogP contribution is -2.37. The average Bonchev–Trinajstić information content (AvgIpc) is 2.94. The van der Waals surface area contributed by atoms with Crippen LogP contribution >= 0.6 is 0 Å². The van der Waals surface area contributed by atoms with Crippen LogP contribution in [0.4, 0.5) is 0 Å². The van der Waals surface area contributed by atoms with E-state index in [1.165, 1.54) is 141 Å². The molecule has 226 valence electrons. The summed E-state index contributed by atoms with van der Waals surface area (Å²) in [6, 6.07) is 0.706. The molecule has 0 heterocycles. The van der Waals surface area contributed by atoms with Gasteiger partial charge >= 0.3 is 0 Å². The molecule has 1 saturated carbocycles. The topological polar surface area (TPSA) is 41.1 Å². The van der Waals surface area contributed by atoms with Crippen LogP contribution < -0.4 is 10.6 Å². The van der Waals surface area contributed by atoms with Crippen LogP contribution in [-0.4, -0.2) is 25.0 Å². The van der Waals surface area contributed by atoms with E-state index >= 15 is 0 Å². The summed E-state index contributed by atoms with van der Waals surface area (Å²) in [5.74, 6) is 2.21. The number of amides is 1. The summed E-state index contributed by atoms with van der Waals surface area (Å²) in [7, 11) is 0. The minimum Gasteiger partial charge on any atom is -0.356 e. The number of hydrogen-bond donors (Lipinski definition) is 2. The molecule has 1 amide bonds. The fraction of sp³-hybridized carbons (Fsp3) is 0.971. The maximum absolute atomic E-state index is 12.8. The first-order valence-electron chi connectivity index (χ1n) is 17.6. The SMILES string of the molecule is CCCCCCCC(CCCCCCC)NC[C@H]1CC[C@H](C(=O)NCCCC(CC)CCCCCC)CC1. The van der Waals surface area contributed by atoms with Crippen LogP contribution in [0.25, 0.3) is 0 Å². The maximum Gasteiger partial charge on any atom is 0.223 e. The van der Waals surface area contributed by atoms with Gasteiger partial charge in [0.15, 0.2) is 0 Å². The quantitative estimate of drug-likeness (QED) is 0.108. The highest BCUT2D eigenvalue weighted by Crippen LogP contribution is 2.29. The standard InChI is InChI=1S/C35H70N2O/c1-5-9-12-15-18-23-34(24-19-16-13-10-6-2)37-30-32-25-27-33(28-26-32)35(38)36-29-20-22-31(8-4)21-17-14-11-7-3/h31-34,37H,5-30H2,1-4H3,(H,36,38)/t31?,32-,33-. The summed E-state index contributed by atoms with van der Waals surface area (Å²) in [6.07, 6.45) is 31.7. The molecular formula is C35H70N2O. The highest BCUT2D eigenvalue weighted by Gasteiger charge is 2.26. The third kappa shape index (κ3) is 18.7. The molecule has 1 aliphatic rings. The van der Waals surface area contributed by atoms with Crippen LogP contribution in [0.5, 0.6) is 0 Å². The summed E-state index contributed by atoms with van der Waals surface area (Å²) < 4.78 is 0. The summed E-state index contributed by atoms with van der Waals surface area (Å²) in [5, 5.41) is 7.29. The first-order chi connectivity index (χ1) is 18.6. The minimum atomic E-state index is 0.259. The van der Waals surface area contributed by atoms with Gasteiger partial charge in [-0.2, -0.15) is 0 Å². The van der Waals surface area contributed by atoms with Crippen molar-refractivity contribution in [1.82, 2.24) is 10.6 Å². The second-order valence-corrected chi connectivity index (χ2v) is 12.8. The van der Waals surface area contributed by atoms with Gasteiger partial charge in [-0.25, -0.2) is 0 Å². The van der Waals surface area contributed by atoms with Crippen LogP contribution in [0.1, 0.15) is 182 Å². The largest absolute Gasteiger partial charge is 0.356 e. The van der Waals surface area contributed by atoms with Crippen molar-refractivity contribution in [3.8, 4) is 0 Å². The van der Waals surface area contributed by atoms with E-state index in [0.29, 0.717) is 11.9 Å². The van der Waals surface area contributed by atoms with Crippen molar-refractivity contribution in [1.29, 1.82) is 0 Å². The second kappa shape index (κ2) is 25.4. The van der Waals surface area contributed by atoms with Gasteiger partial charge in [0.2, 0.25) is 5.91 Å². The molecule has 0 aromatic rings. The van der Waals surface area contributed by atoms with Crippen molar-refractivity contribution in [2.24, 2.45) is 17.8 Å². The average molecular weight is 535 g/mol. The maximum atomic E-state index is 12.8. The van der Waals surface area contributed by atoms with Crippen LogP contribution in [0.3, 0.4) is 0 Å². The Morgan fingerprint density at radius 2 is 1.13 bits per heavy atom. The predicted octanol–water partition coefficient (Wildman–Crippen LogP) is 10.4. The van der Waals surface area contributed by atoms with Crippen LogP contribution in [0.2, 0.25) is 0 Å². The van der Waals surface area contributed by atoms with Gasteiger partial charge in [0.05, 0.1) is 0 Å². The number of unbranched alkanes of at least 4 members (excludes halogenated alkanes) is 11. The highest BCUT2D eigenvalue weighted by molar-refractivity contribution is 5.78. The zero-order valence-electron chi connectivity index (χ0n) is 26.6. The Labute approximate surface area is 239 Å². The minimum absolute atomic E-state index is 0.259. The smallest absolute Gasteiger partial charge is 0.223 e. The predicted molar refractivity (Wildman–Crippen MR) is 169 cm³/mol. The molecule has 3 heteroatoms. The van der Waals surface area contributed by atoms with Crippen molar-refractivity contribution < 1.29 is 4.79 Å². The number of carbonyl (C=O) groups excluding carboxylic acids is 1.